The molecule has 1 amide bonds. The fourth-order valence-electron chi connectivity index (χ4n) is 2.15. The largest absolute Gasteiger partial charge is 0.352 e. The molecule has 1 aliphatic rings. The van der Waals surface area contributed by atoms with Gasteiger partial charge < -0.3 is 5.32 Å². The molecule has 0 saturated heterocycles. The third-order valence-electron chi connectivity index (χ3n) is 3.50. The molecule has 0 aromatic heterocycles. The lowest BCUT2D eigenvalue weighted by atomic mass is 9.83. The van der Waals surface area contributed by atoms with Crippen LogP contribution in [0.4, 0.5) is 4.39 Å². The molecule has 0 heterocycles. The van der Waals surface area contributed by atoms with Crippen molar-refractivity contribution >= 4 is 5.91 Å². The first kappa shape index (κ1) is 12.1. The highest BCUT2D eigenvalue weighted by atomic mass is 19.1. The summed E-state index contributed by atoms with van der Waals surface area (Å²) in [6.45, 7) is 2.48. The Bertz CT molecular complexity index is 413. The molecule has 92 valence electrons. The van der Waals surface area contributed by atoms with E-state index < -0.39 is 0 Å². The van der Waals surface area contributed by atoms with Crippen LogP contribution in [0.2, 0.25) is 0 Å². The molecule has 0 atom stereocenters. The minimum Gasteiger partial charge on any atom is -0.352 e. The second kappa shape index (κ2) is 5.30. The first-order chi connectivity index (χ1) is 8.16. The van der Waals surface area contributed by atoms with Gasteiger partial charge in [0.25, 0.3) is 5.91 Å². The van der Waals surface area contributed by atoms with Gasteiger partial charge in [-0.15, -0.1) is 0 Å². The van der Waals surface area contributed by atoms with E-state index >= 15 is 0 Å². The molecule has 0 radical (unpaired) electrons. The van der Waals surface area contributed by atoms with Crippen molar-refractivity contribution in [1.82, 2.24) is 5.32 Å². The molecule has 3 heteroatoms. The van der Waals surface area contributed by atoms with Crippen molar-refractivity contribution in [3.8, 4) is 0 Å². The van der Waals surface area contributed by atoms with Crippen molar-refractivity contribution in [3.63, 3.8) is 0 Å². The van der Waals surface area contributed by atoms with Gasteiger partial charge in [0.1, 0.15) is 5.82 Å². The summed E-state index contributed by atoms with van der Waals surface area (Å²) in [5, 5.41) is 2.90. The minimum atomic E-state index is -0.298. The van der Waals surface area contributed by atoms with Gasteiger partial charge in [-0.3, -0.25) is 4.79 Å². The van der Waals surface area contributed by atoms with Crippen molar-refractivity contribution < 1.29 is 9.18 Å². The molecule has 1 aromatic rings. The molecule has 1 N–H and O–H groups in total. The van der Waals surface area contributed by atoms with Gasteiger partial charge in [0.2, 0.25) is 0 Å². The fourth-order valence-corrected chi connectivity index (χ4v) is 2.15. The van der Waals surface area contributed by atoms with Crippen LogP contribution in [0.25, 0.3) is 0 Å². The Hall–Kier alpha value is -1.38. The maximum Gasteiger partial charge on any atom is 0.251 e. The van der Waals surface area contributed by atoms with E-state index in [0.717, 1.165) is 18.9 Å². The number of hydrogen-bond acceptors (Lipinski definition) is 1. The molecule has 1 saturated carbocycles. The first-order valence-corrected chi connectivity index (χ1v) is 6.21. The Kier molecular flexibility index (Phi) is 3.77. The van der Waals surface area contributed by atoms with E-state index in [-0.39, 0.29) is 11.7 Å². The number of amides is 1. The van der Waals surface area contributed by atoms with Crippen molar-refractivity contribution in [1.29, 1.82) is 0 Å². The molecule has 17 heavy (non-hydrogen) atoms. The van der Waals surface area contributed by atoms with Crippen LogP contribution < -0.4 is 5.32 Å². The SMILES string of the molecule is Cc1cc(F)ccc1C(=O)NCCC1CCC1. The maximum atomic E-state index is 12.9. The molecule has 0 unspecified atom stereocenters. The Morgan fingerprint density at radius 1 is 1.47 bits per heavy atom. The van der Waals surface area contributed by atoms with E-state index in [9.17, 15) is 9.18 Å². The Labute approximate surface area is 101 Å². The zero-order valence-corrected chi connectivity index (χ0v) is 10.1. The van der Waals surface area contributed by atoms with E-state index in [1.54, 1.807) is 13.0 Å². The van der Waals surface area contributed by atoms with Crippen LogP contribution >= 0.6 is 0 Å². The standard InChI is InChI=1S/C14H18FNO/c1-10-9-12(15)5-6-13(10)14(17)16-8-7-11-3-2-4-11/h5-6,9,11H,2-4,7-8H2,1H3,(H,16,17). The highest BCUT2D eigenvalue weighted by molar-refractivity contribution is 5.95. The molecule has 0 aliphatic heterocycles. The quantitative estimate of drug-likeness (QED) is 0.853. The van der Waals surface area contributed by atoms with Gasteiger partial charge in [-0.05, 0) is 43.0 Å². The number of aryl methyl sites for hydroxylation is 1. The van der Waals surface area contributed by atoms with Crippen molar-refractivity contribution in [2.45, 2.75) is 32.6 Å². The molecule has 0 spiro atoms. The lowest BCUT2D eigenvalue weighted by Gasteiger charge is -2.25. The van der Waals surface area contributed by atoms with E-state index in [0.29, 0.717) is 11.1 Å². The molecule has 0 bridgehead atoms. The molecule has 2 rings (SSSR count). The van der Waals surface area contributed by atoms with Crippen LogP contribution in [0.3, 0.4) is 0 Å². The van der Waals surface area contributed by atoms with Gasteiger partial charge in [0.15, 0.2) is 0 Å². The molecule has 1 aliphatic carbocycles. The van der Waals surface area contributed by atoms with E-state index in [1.807, 2.05) is 0 Å². The van der Waals surface area contributed by atoms with Gasteiger partial charge in [0.05, 0.1) is 0 Å². The van der Waals surface area contributed by atoms with Gasteiger partial charge >= 0.3 is 0 Å². The second-order valence-corrected chi connectivity index (χ2v) is 4.80. The molecular formula is C14H18FNO. The van der Waals surface area contributed by atoms with Gasteiger partial charge in [-0.1, -0.05) is 19.3 Å². The predicted octanol–water partition coefficient (Wildman–Crippen LogP) is 3.05. The highest BCUT2D eigenvalue weighted by Gasteiger charge is 2.17. The smallest absolute Gasteiger partial charge is 0.251 e. The van der Waals surface area contributed by atoms with Crippen molar-refractivity contribution in [2.75, 3.05) is 6.54 Å². The number of hydrogen-bond donors (Lipinski definition) is 1. The fraction of sp³-hybridized carbons (Fsp3) is 0.500. The third kappa shape index (κ3) is 3.05. The average Bonchev–Trinajstić information content (AvgIpc) is 2.21. The zero-order chi connectivity index (χ0) is 12.3. The van der Waals surface area contributed by atoms with Gasteiger partial charge in [-0.2, -0.15) is 0 Å². The molecule has 1 aromatic carbocycles. The number of halogens is 1. The number of rotatable bonds is 4. The predicted molar refractivity (Wildman–Crippen MR) is 65.4 cm³/mol. The third-order valence-corrected chi connectivity index (χ3v) is 3.50. The van der Waals surface area contributed by atoms with Crippen molar-refractivity contribution in [2.24, 2.45) is 5.92 Å². The van der Waals surface area contributed by atoms with Crippen LogP contribution in [-0.4, -0.2) is 12.5 Å². The molecular weight excluding hydrogens is 217 g/mol. The number of benzene rings is 1. The van der Waals surface area contributed by atoms with Crippen molar-refractivity contribution in [3.05, 3.63) is 35.1 Å². The minimum absolute atomic E-state index is 0.0955. The summed E-state index contributed by atoms with van der Waals surface area (Å²) in [5.41, 5.74) is 1.26. The van der Waals surface area contributed by atoms with Crippen LogP contribution in [0.1, 0.15) is 41.6 Å². The lowest BCUT2D eigenvalue weighted by Crippen LogP contribution is -2.27. The Balaban J connectivity index is 1.85. The number of carbonyl (C=O) groups is 1. The van der Waals surface area contributed by atoms with Crippen LogP contribution in [0.15, 0.2) is 18.2 Å². The van der Waals surface area contributed by atoms with Gasteiger partial charge in [-0.25, -0.2) is 4.39 Å². The summed E-state index contributed by atoms with van der Waals surface area (Å²) in [6.07, 6.45) is 4.98. The summed E-state index contributed by atoms with van der Waals surface area (Å²) in [4.78, 5) is 11.8. The molecule has 1 fully saturated rings. The van der Waals surface area contributed by atoms with Crippen LogP contribution in [0.5, 0.6) is 0 Å². The van der Waals surface area contributed by atoms with Crippen LogP contribution in [0, 0.1) is 18.7 Å². The summed E-state index contributed by atoms with van der Waals surface area (Å²) >= 11 is 0. The van der Waals surface area contributed by atoms with Crippen LogP contribution in [-0.2, 0) is 0 Å². The summed E-state index contributed by atoms with van der Waals surface area (Å²) in [6, 6.07) is 4.26. The van der Waals surface area contributed by atoms with Gasteiger partial charge in [0, 0.05) is 12.1 Å². The summed E-state index contributed by atoms with van der Waals surface area (Å²) in [5.74, 6) is 0.403. The topological polar surface area (TPSA) is 29.1 Å². The highest BCUT2D eigenvalue weighted by Crippen LogP contribution is 2.28. The first-order valence-electron chi connectivity index (χ1n) is 6.21. The lowest BCUT2D eigenvalue weighted by molar-refractivity contribution is 0.0948. The number of carbonyl (C=O) groups excluding carboxylic acids is 1. The summed E-state index contributed by atoms with van der Waals surface area (Å²) < 4.78 is 12.9. The Morgan fingerprint density at radius 3 is 2.82 bits per heavy atom. The maximum absolute atomic E-state index is 12.9. The van der Waals surface area contributed by atoms with E-state index in [1.165, 1.54) is 31.4 Å². The zero-order valence-electron chi connectivity index (χ0n) is 10.1. The Morgan fingerprint density at radius 2 is 2.24 bits per heavy atom. The summed E-state index contributed by atoms with van der Waals surface area (Å²) in [7, 11) is 0. The number of nitrogens with one attached hydrogen (secondary N) is 1. The van der Waals surface area contributed by atoms with E-state index in [4.69, 9.17) is 0 Å². The normalized spacial score (nSPS) is 15.4. The monoisotopic (exact) mass is 235 g/mol. The van der Waals surface area contributed by atoms with E-state index in [2.05, 4.69) is 5.32 Å². The average molecular weight is 235 g/mol. The molecule has 2 nitrogen and oxygen atoms in total. The second-order valence-electron chi connectivity index (χ2n) is 4.80.